The van der Waals surface area contributed by atoms with Gasteiger partial charge in [0, 0.05) is 37.7 Å². The molecule has 1 heterocycles. The van der Waals surface area contributed by atoms with Crippen LogP contribution in [-0.2, 0) is 10.2 Å². The third-order valence-corrected chi connectivity index (χ3v) is 8.50. The van der Waals surface area contributed by atoms with Gasteiger partial charge in [-0.1, -0.05) is 24.3 Å². The number of nitrogens with zero attached hydrogens (tertiary/aromatic N) is 2. The van der Waals surface area contributed by atoms with Crippen LogP contribution in [0, 0.1) is 5.92 Å². The first-order chi connectivity index (χ1) is 16.8. The van der Waals surface area contributed by atoms with E-state index in [1.165, 1.54) is 12.8 Å². The van der Waals surface area contributed by atoms with E-state index in [0.717, 1.165) is 43.0 Å². The molecule has 3 atom stereocenters. The van der Waals surface area contributed by atoms with Gasteiger partial charge in [-0.15, -0.1) is 0 Å². The molecule has 3 aliphatic rings. The van der Waals surface area contributed by atoms with E-state index >= 15 is 0 Å². The Kier molecular flexibility index (Phi) is 6.36. The molecule has 5 rings (SSSR count). The number of likely N-dealkylation sites (tertiary alicyclic amines) is 1. The quantitative estimate of drug-likeness (QED) is 0.551. The predicted octanol–water partition coefficient (Wildman–Crippen LogP) is 3.91. The van der Waals surface area contributed by atoms with Crippen molar-refractivity contribution in [1.82, 2.24) is 9.80 Å². The van der Waals surface area contributed by atoms with Crippen molar-refractivity contribution in [2.24, 2.45) is 5.92 Å². The SMILES string of the molecule is CN(C(=O)C=Cc1cccc(O)c1)[C@H]1CC[C@]2(O)CN(CC3CC3)CC[C@@]2(c2cccc(O)c2)C1. The molecular formula is C29H36N2O4. The topological polar surface area (TPSA) is 84.2 Å². The van der Waals surface area contributed by atoms with Gasteiger partial charge in [0.2, 0.25) is 5.91 Å². The summed E-state index contributed by atoms with van der Waals surface area (Å²) in [5.74, 6) is 1.05. The minimum Gasteiger partial charge on any atom is -0.508 e. The van der Waals surface area contributed by atoms with Crippen molar-refractivity contribution < 1.29 is 20.1 Å². The summed E-state index contributed by atoms with van der Waals surface area (Å²) in [4.78, 5) is 17.3. The van der Waals surface area contributed by atoms with Gasteiger partial charge in [-0.05, 0) is 92.5 Å². The Balaban J connectivity index is 1.38. The van der Waals surface area contributed by atoms with Gasteiger partial charge in [-0.25, -0.2) is 0 Å². The number of β-amino-alcohol motifs (C(OH)–C–C–N with tert-alkyl or cyclic N) is 1. The van der Waals surface area contributed by atoms with Gasteiger partial charge in [0.25, 0.3) is 0 Å². The fraction of sp³-hybridized carbons (Fsp3) is 0.483. The van der Waals surface area contributed by atoms with Gasteiger partial charge >= 0.3 is 0 Å². The molecule has 0 bridgehead atoms. The van der Waals surface area contributed by atoms with E-state index in [1.807, 2.05) is 25.2 Å². The number of phenolic OH excluding ortho intramolecular Hbond substituents is 2. The molecule has 2 aliphatic carbocycles. The van der Waals surface area contributed by atoms with E-state index in [-0.39, 0.29) is 23.4 Å². The average Bonchev–Trinajstić information content (AvgIpc) is 3.65. The fourth-order valence-corrected chi connectivity index (χ4v) is 6.28. The molecule has 0 unspecified atom stereocenters. The number of rotatable bonds is 6. The summed E-state index contributed by atoms with van der Waals surface area (Å²) in [7, 11) is 1.84. The van der Waals surface area contributed by atoms with Gasteiger partial charge in [0.15, 0.2) is 0 Å². The van der Waals surface area contributed by atoms with Crippen LogP contribution >= 0.6 is 0 Å². The number of benzene rings is 2. The highest BCUT2D eigenvalue weighted by atomic mass is 16.3. The molecule has 3 N–H and O–H groups in total. The lowest BCUT2D eigenvalue weighted by Crippen LogP contribution is -2.67. The maximum atomic E-state index is 13.1. The Labute approximate surface area is 207 Å². The molecule has 0 aromatic heterocycles. The molecule has 1 saturated heterocycles. The minimum atomic E-state index is -0.897. The Morgan fingerprint density at radius 1 is 1.09 bits per heavy atom. The van der Waals surface area contributed by atoms with Crippen LogP contribution < -0.4 is 0 Å². The number of phenols is 2. The van der Waals surface area contributed by atoms with Crippen LogP contribution in [0.15, 0.2) is 54.6 Å². The lowest BCUT2D eigenvalue weighted by Gasteiger charge is -2.59. The zero-order chi connectivity index (χ0) is 24.6. The maximum Gasteiger partial charge on any atom is 0.246 e. The highest BCUT2D eigenvalue weighted by molar-refractivity contribution is 5.91. The molecule has 1 aliphatic heterocycles. The van der Waals surface area contributed by atoms with Crippen molar-refractivity contribution in [3.63, 3.8) is 0 Å². The number of aliphatic hydroxyl groups is 1. The fourth-order valence-electron chi connectivity index (χ4n) is 6.28. The molecule has 0 radical (unpaired) electrons. The predicted molar refractivity (Wildman–Crippen MR) is 136 cm³/mol. The third-order valence-electron chi connectivity index (χ3n) is 8.50. The summed E-state index contributed by atoms with van der Waals surface area (Å²) in [6, 6.07) is 14.1. The monoisotopic (exact) mass is 476 g/mol. The lowest BCUT2D eigenvalue weighted by molar-refractivity contribution is -0.144. The summed E-state index contributed by atoms with van der Waals surface area (Å²) in [6.07, 6.45) is 8.66. The van der Waals surface area contributed by atoms with Crippen LogP contribution in [-0.4, -0.2) is 69.4 Å². The van der Waals surface area contributed by atoms with Crippen molar-refractivity contribution in [3.05, 3.63) is 65.7 Å². The maximum absolute atomic E-state index is 13.1. The summed E-state index contributed by atoms with van der Waals surface area (Å²) in [5.41, 5.74) is 0.320. The molecule has 6 heteroatoms. The summed E-state index contributed by atoms with van der Waals surface area (Å²) < 4.78 is 0. The van der Waals surface area contributed by atoms with Crippen molar-refractivity contribution in [2.75, 3.05) is 26.7 Å². The highest BCUT2D eigenvalue weighted by Gasteiger charge is 2.58. The molecule has 6 nitrogen and oxygen atoms in total. The van der Waals surface area contributed by atoms with E-state index in [0.29, 0.717) is 19.4 Å². The van der Waals surface area contributed by atoms with Crippen LogP contribution in [0.25, 0.3) is 6.08 Å². The van der Waals surface area contributed by atoms with Gasteiger partial charge in [-0.2, -0.15) is 0 Å². The number of carbonyl (C=O) groups is 1. The van der Waals surface area contributed by atoms with Crippen LogP contribution in [0.4, 0.5) is 0 Å². The van der Waals surface area contributed by atoms with Crippen molar-refractivity contribution >= 4 is 12.0 Å². The van der Waals surface area contributed by atoms with E-state index in [9.17, 15) is 20.1 Å². The molecule has 186 valence electrons. The number of hydrogen-bond acceptors (Lipinski definition) is 5. The second-order valence-corrected chi connectivity index (χ2v) is 10.9. The average molecular weight is 477 g/mol. The van der Waals surface area contributed by atoms with Crippen LogP contribution in [0.5, 0.6) is 11.5 Å². The first-order valence-electron chi connectivity index (χ1n) is 12.8. The first kappa shape index (κ1) is 23.9. The number of carbonyl (C=O) groups excluding carboxylic acids is 1. The third kappa shape index (κ3) is 4.82. The molecule has 35 heavy (non-hydrogen) atoms. The van der Waals surface area contributed by atoms with E-state index in [2.05, 4.69) is 4.90 Å². The highest BCUT2D eigenvalue weighted by Crippen LogP contribution is 2.53. The Morgan fingerprint density at radius 3 is 2.54 bits per heavy atom. The summed E-state index contributed by atoms with van der Waals surface area (Å²) in [6.45, 7) is 2.61. The zero-order valence-electron chi connectivity index (χ0n) is 20.4. The molecule has 2 saturated carbocycles. The zero-order valence-corrected chi connectivity index (χ0v) is 20.4. The number of likely N-dealkylation sites (N-methyl/N-ethyl adjacent to an activating group) is 1. The number of fused-ring (bicyclic) bond motifs is 1. The summed E-state index contributed by atoms with van der Waals surface area (Å²) in [5, 5.41) is 32.1. The number of aromatic hydroxyl groups is 2. The summed E-state index contributed by atoms with van der Waals surface area (Å²) >= 11 is 0. The number of hydrogen-bond donors (Lipinski definition) is 3. The normalized spacial score (nSPS) is 29.1. The van der Waals surface area contributed by atoms with Crippen molar-refractivity contribution in [2.45, 2.75) is 55.6 Å². The first-order valence-corrected chi connectivity index (χ1v) is 12.8. The van der Waals surface area contributed by atoms with Gasteiger partial charge in [-0.3, -0.25) is 4.79 Å². The number of amides is 1. The van der Waals surface area contributed by atoms with Crippen LogP contribution in [0.2, 0.25) is 0 Å². The Morgan fingerprint density at radius 2 is 1.83 bits per heavy atom. The van der Waals surface area contributed by atoms with E-state index in [4.69, 9.17) is 0 Å². The Bertz CT molecular complexity index is 1110. The Hall–Kier alpha value is -2.83. The second kappa shape index (κ2) is 9.32. The van der Waals surface area contributed by atoms with Crippen LogP contribution in [0.3, 0.4) is 0 Å². The molecule has 2 aromatic rings. The van der Waals surface area contributed by atoms with Crippen molar-refractivity contribution in [1.29, 1.82) is 0 Å². The van der Waals surface area contributed by atoms with Crippen LogP contribution in [0.1, 0.15) is 49.7 Å². The van der Waals surface area contributed by atoms with Gasteiger partial charge in [0.1, 0.15) is 11.5 Å². The van der Waals surface area contributed by atoms with Gasteiger partial charge in [0.05, 0.1) is 5.60 Å². The molecule has 1 amide bonds. The smallest absolute Gasteiger partial charge is 0.246 e. The standard InChI is InChI=1S/C29H36N2O4/c1-30(27(34)11-10-21-4-2-6-25(32)16-21)24-12-13-29(35)20-31(19-22-8-9-22)15-14-28(29,18-24)23-5-3-7-26(33)17-23/h2-7,10-11,16-17,22,24,32-33,35H,8-9,12-15,18-20H2,1H3/t24-,28-,29-/m0/s1. The minimum absolute atomic E-state index is 0.0195. The second-order valence-electron chi connectivity index (χ2n) is 10.9. The van der Waals surface area contributed by atoms with E-state index in [1.54, 1.807) is 47.4 Å². The molecular weight excluding hydrogens is 440 g/mol. The van der Waals surface area contributed by atoms with E-state index < -0.39 is 11.0 Å². The van der Waals surface area contributed by atoms with Gasteiger partial charge < -0.3 is 25.1 Å². The molecule has 3 fully saturated rings. The van der Waals surface area contributed by atoms with Crippen molar-refractivity contribution in [3.8, 4) is 11.5 Å². The number of piperidine rings is 1. The molecule has 0 spiro atoms. The largest absolute Gasteiger partial charge is 0.508 e. The lowest BCUT2D eigenvalue weighted by atomic mass is 9.55. The molecule has 2 aromatic carbocycles.